The predicted octanol–water partition coefficient (Wildman–Crippen LogP) is 2.72. The summed E-state index contributed by atoms with van der Waals surface area (Å²) in [4.78, 5) is 2.50. The number of likely N-dealkylation sites (tertiary alicyclic amines) is 1. The number of methoxy groups -OCH3 is 1. The highest BCUT2D eigenvalue weighted by molar-refractivity contribution is 5.64. The van der Waals surface area contributed by atoms with Gasteiger partial charge in [-0.15, -0.1) is 0 Å². The second-order valence-corrected chi connectivity index (χ2v) is 7.11. The molecule has 3 nitrogen and oxygen atoms in total. The second-order valence-electron chi connectivity index (χ2n) is 7.11. The van der Waals surface area contributed by atoms with Gasteiger partial charge in [0.1, 0.15) is 11.5 Å². The summed E-state index contributed by atoms with van der Waals surface area (Å²) in [5, 5.41) is 0. The van der Waals surface area contributed by atoms with Crippen LogP contribution < -0.4 is 4.74 Å². The van der Waals surface area contributed by atoms with Crippen LogP contribution in [-0.4, -0.2) is 37.7 Å². The summed E-state index contributed by atoms with van der Waals surface area (Å²) in [6.07, 6.45) is 6.65. The fourth-order valence-electron chi connectivity index (χ4n) is 5.15. The zero-order valence-electron chi connectivity index (χ0n) is 13.3. The molecule has 3 atom stereocenters. The Morgan fingerprint density at radius 1 is 1.32 bits per heavy atom. The molecule has 1 saturated heterocycles. The van der Waals surface area contributed by atoms with Gasteiger partial charge in [-0.2, -0.15) is 0 Å². The van der Waals surface area contributed by atoms with Crippen LogP contribution in [0, 0.1) is 6.92 Å². The van der Waals surface area contributed by atoms with Crippen LogP contribution in [-0.2, 0) is 16.6 Å². The standard InChI is InChI=1S/C19H21NO2/c1-11-8-12-10-14-13-4-5-15(21-3)18-19(13,6-7-20(14)2)17(12)16(9-11)22-18/h4-5,8-9,14,18H,6-7,10H2,1-3H3/t14-,18+,19+/m1/s1. The lowest BCUT2D eigenvalue weighted by molar-refractivity contribution is 0.0743. The largest absolute Gasteiger partial charge is 0.497 e. The Hall–Kier alpha value is -1.74. The highest BCUT2D eigenvalue weighted by atomic mass is 16.5. The maximum absolute atomic E-state index is 6.45. The number of hydrogen-bond acceptors (Lipinski definition) is 3. The molecule has 114 valence electrons. The Bertz CT molecular complexity index is 748. The van der Waals surface area contributed by atoms with E-state index in [4.69, 9.17) is 9.47 Å². The molecule has 4 aliphatic rings. The van der Waals surface area contributed by atoms with Crippen molar-refractivity contribution in [1.29, 1.82) is 0 Å². The minimum atomic E-state index is 0.00782. The second kappa shape index (κ2) is 3.96. The molecule has 1 fully saturated rings. The van der Waals surface area contributed by atoms with Gasteiger partial charge >= 0.3 is 0 Å². The molecule has 0 N–H and O–H groups in total. The molecular formula is C19H21NO2. The number of nitrogens with zero attached hydrogens (tertiary/aromatic N) is 1. The molecule has 1 aromatic rings. The molecular weight excluding hydrogens is 274 g/mol. The number of likely N-dealkylation sites (N-methyl/N-ethyl adjacent to an activating group) is 1. The van der Waals surface area contributed by atoms with E-state index in [1.54, 1.807) is 7.11 Å². The lowest BCUT2D eigenvalue weighted by atomic mass is 9.57. The summed E-state index contributed by atoms with van der Waals surface area (Å²) >= 11 is 0. The van der Waals surface area contributed by atoms with Crippen molar-refractivity contribution in [3.63, 3.8) is 0 Å². The molecule has 0 saturated carbocycles. The smallest absolute Gasteiger partial charge is 0.169 e. The molecule has 0 aromatic heterocycles. The van der Waals surface area contributed by atoms with E-state index in [0.29, 0.717) is 6.04 Å². The number of piperidine rings is 1. The molecule has 0 amide bonds. The van der Waals surface area contributed by atoms with Crippen LogP contribution in [0.25, 0.3) is 0 Å². The number of hydrogen-bond donors (Lipinski definition) is 0. The molecule has 2 bridgehead atoms. The van der Waals surface area contributed by atoms with Crippen LogP contribution in [0.4, 0.5) is 0 Å². The summed E-state index contributed by atoms with van der Waals surface area (Å²) in [6.45, 7) is 3.28. The zero-order chi connectivity index (χ0) is 15.1. The van der Waals surface area contributed by atoms with E-state index in [9.17, 15) is 0 Å². The van der Waals surface area contributed by atoms with Crippen molar-refractivity contribution in [3.8, 4) is 5.75 Å². The fourth-order valence-corrected chi connectivity index (χ4v) is 5.15. The van der Waals surface area contributed by atoms with Crippen molar-refractivity contribution >= 4 is 0 Å². The van der Waals surface area contributed by atoms with E-state index in [-0.39, 0.29) is 11.5 Å². The summed E-state index contributed by atoms with van der Waals surface area (Å²) < 4.78 is 12.1. The number of ether oxygens (including phenoxy) is 2. The highest BCUT2D eigenvalue weighted by Gasteiger charge is 2.61. The Morgan fingerprint density at radius 2 is 2.18 bits per heavy atom. The van der Waals surface area contributed by atoms with Gasteiger partial charge in [-0.25, -0.2) is 0 Å². The van der Waals surface area contributed by atoms with Gasteiger partial charge in [0.2, 0.25) is 0 Å². The summed E-state index contributed by atoms with van der Waals surface area (Å²) in [7, 11) is 4.01. The van der Waals surface area contributed by atoms with Crippen molar-refractivity contribution in [2.24, 2.45) is 0 Å². The normalized spacial score (nSPS) is 34.5. The van der Waals surface area contributed by atoms with Crippen molar-refractivity contribution in [2.45, 2.75) is 37.3 Å². The lowest BCUT2D eigenvalue weighted by Crippen LogP contribution is -2.58. The van der Waals surface area contributed by atoms with Crippen LogP contribution in [0.3, 0.4) is 0 Å². The first-order valence-electron chi connectivity index (χ1n) is 8.12. The third kappa shape index (κ3) is 1.28. The van der Waals surface area contributed by atoms with Gasteiger partial charge in [0.05, 0.1) is 12.5 Å². The third-order valence-corrected chi connectivity index (χ3v) is 6.07. The van der Waals surface area contributed by atoms with Gasteiger partial charge in [0.15, 0.2) is 6.10 Å². The van der Waals surface area contributed by atoms with Gasteiger partial charge in [-0.3, -0.25) is 4.90 Å². The van der Waals surface area contributed by atoms with Gasteiger partial charge in [0.25, 0.3) is 0 Å². The summed E-state index contributed by atoms with van der Waals surface area (Å²) in [5.74, 6) is 2.05. The van der Waals surface area contributed by atoms with Crippen molar-refractivity contribution in [3.05, 3.63) is 52.3 Å². The molecule has 2 aliphatic heterocycles. The van der Waals surface area contributed by atoms with E-state index in [1.807, 2.05) is 0 Å². The Morgan fingerprint density at radius 3 is 3.00 bits per heavy atom. The van der Waals surface area contributed by atoms with E-state index in [0.717, 1.165) is 30.9 Å². The summed E-state index contributed by atoms with van der Waals surface area (Å²) in [5.41, 5.74) is 5.75. The van der Waals surface area contributed by atoms with Gasteiger partial charge in [-0.1, -0.05) is 12.1 Å². The van der Waals surface area contributed by atoms with Crippen molar-refractivity contribution < 1.29 is 9.47 Å². The number of aryl methyl sites for hydroxylation is 1. The van der Waals surface area contributed by atoms with Crippen LogP contribution in [0.2, 0.25) is 0 Å². The molecule has 22 heavy (non-hydrogen) atoms. The van der Waals surface area contributed by atoms with E-state index < -0.39 is 0 Å². The molecule has 0 unspecified atom stereocenters. The van der Waals surface area contributed by atoms with Crippen LogP contribution in [0.1, 0.15) is 23.1 Å². The number of rotatable bonds is 1. The number of benzene rings is 1. The van der Waals surface area contributed by atoms with Crippen LogP contribution in [0.5, 0.6) is 5.75 Å². The minimum Gasteiger partial charge on any atom is -0.497 e. The topological polar surface area (TPSA) is 21.7 Å². The van der Waals surface area contributed by atoms with Gasteiger partial charge in [0, 0.05) is 11.6 Å². The Balaban J connectivity index is 1.85. The molecule has 2 aliphatic carbocycles. The SMILES string of the molecule is COC1=CC=C2[C@H]3Cc4cc(C)cc5c4[C@@]2(CCN3C)[C@H]1O5. The first-order chi connectivity index (χ1) is 10.6. The predicted molar refractivity (Wildman–Crippen MR) is 85.2 cm³/mol. The molecule has 1 aromatic carbocycles. The van der Waals surface area contributed by atoms with Crippen molar-refractivity contribution in [1.82, 2.24) is 4.90 Å². The molecule has 3 heteroatoms. The number of allylic oxidation sites excluding steroid dienone is 2. The van der Waals surface area contributed by atoms with E-state index >= 15 is 0 Å². The van der Waals surface area contributed by atoms with E-state index in [2.05, 4.69) is 43.2 Å². The van der Waals surface area contributed by atoms with Crippen molar-refractivity contribution in [2.75, 3.05) is 20.7 Å². The Kier molecular flexibility index (Phi) is 2.30. The van der Waals surface area contributed by atoms with Gasteiger partial charge < -0.3 is 9.47 Å². The zero-order valence-corrected chi connectivity index (χ0v) is 13.3. The molecule has 0 radical (unpaired) electrons. The average Bonchev–Trinajstić information content (AvgIpc) is 2.83. The molecule has 5 rings (SSSR count). The average molecular weight is 295 g/mol. The lowest BCUT2D eigenvalue weighted by Gasteiger charge is -2.52. The third-order valence-electron chi connectivity index (χ3n) is 6.07. The molecule has 1 spiro atoms. The maximum Gasteiger partial charge on any atom is 0.169 e. The summed E-state index contributed by atoms with van der Waals surface area (Å²) in [6, 6.07) is 5.06. The first kappa shape index (κ1) is 12.8. The van der Waals surface area contributed by atoms with E-state index in [1.165, 1.54) is 22.3 Å². The Labute approximate surface area is 131 Å². The minimum absolute atomic E-state index is 0.00782. The maximum atomic E-state index is 6.45. The quantitative estimate of drug-likeness (QED) is 0.795. The van der Waals surface area contributed by atoms with Gasteiger partial charge in [-0.05, 0) is 62.2 Å². The molecule has 2 heterocycles. The monoisotopic (exact) mass is 295 g/mol. The van der Waals surface area contributed by atoms with Crippen LogP contribution >= 0.6 is 0 Å². The van der Waals surface area contributed by atoms with Crippen LogP contribution in [0.15, 0.2) is 35.6 Å². The highest BCUT2D eigenvalue weighted by Crippen LogP contribution is 2.60. The first-order valence-corrected chi connectivity index (χ1v) is 8.12. The fraction of sp³-hybridized carbons (Fsp3) is 0.474.